The summed E-state index contributed by atoms with van der Waals surface area (Å²) in [5, 5.41) is 0.704. The van der Waals surface area contributed by atoms with Crippen LogP contribution in [-0.4, -0.2) is 21.8 Å². The first-order chi connectivity index (χ1) is 10.9. The predicted octanol–water partition coefficient (Wildman–Crippen LogP) is 4.23. The monoisotopic (exact) mass is 339 g/mol. The first kappa shape index (κ1) is 17.3. The maximum absolute atomic E-state index is 14.3. The molecule has 4 nitrogen and oxygen atoms in total. The van der Waals surface area contributed by atoms with Crippen LogP contribution in [0.15, 0.2) is 41.8 Å². The molecule has 2 heterocycles. The van der Waals surface area contributed by atoms with E-state index in [-0.39, 0.29) is 5.56 Å². The SMILES string of the molecule is CC/C=C(F)\C(C(=O)c1c[nH]c2ncc(Cl)cc12)=C(\F)C(C)N. The van der Waals surface area contributed by atoms with Gasteiger partial charge >= 0.3 is 0 Å². The number of halogens is 3. The Morgan fingerprint density at radius 2 is 2.22 bits per heavy atom. The number of nitrogens with two attached hydrogens (primary N) is 1. The maximum atomic E-state index is 14.3. The Kier molecular flexibility index (Phi) is 5.28. The average molecular weight is 340 g/mol. The van der Waals surface area contributed by atoms with Crippen molar-refractivity contribution in [3.63, 3.8) is 0 Å². The summed E-state index contributed by atoms with van der Waals surface area (Å²) in [6.45, 7) is 3.02. The van der Waals surface area contributed by atoms with Crippen molar-refractivity contribution in [2.75, 3.05) is 0 Å². The van der Waals surface area contributed by atoms with Gasteiger partial charge in [-0.1, -0.05) is 18.5 Å². The number of aromatic nitrogens is 2. The van der Waals surface area contributed by atoms with E-state index in [1.54, 1.807) is 6.92 Å². The summed E-state index contributed by atoms with van der Waals surface area (Å²) in [6.07, 6.45) is 4.21. The number of aromatic amines is 1. The fourth-order valence-corrected chi connectivity index (χ4v) is 2.30. The third-order valence-corrected chi connectivity index (χ3v) is 3.44. The summed E-state index contributed by atoms with van der Waals surface area (Å²) in [5.41, 5.74) is 5.30. The number of ketones is 1. The van der Waals surface area contributed by atoms with Gasteiger partial charge in [-0.3, -0.25) is 4.79 Å². The van der Waals surface area contributed by atoms with Crippen LogP contribution in [0, 0.1) is 0 Å². The molecule has 0 aliphatic rings. The number of carbonyl (C=O) groups is 1. The van der Waals surface area contributed by atoms with E-state index in [0.29, 0.717) is 22.5 Å². The number of pyridine rings is 1. The number of nitrogens with zero attached hydrogens (tertiary/aromatic N) is 1. The van der Waals surface area contributed by atoms with Crippen LogP contribution >= 0.6 is 11.6 Å². The zero-order valence-electron chi connectivity index (χ0n) is 12.7. The minimum absolute atomic E-state index is 0.0838. The van der Waals surface area contributed by atoms with Crippen LogP contribution in [0.3, 0.4) is 0 Å². The lowest BCUT2D eigenvalue weighted by molar-refractivity contribution is 0.103. The largest absolute Gasteiger partial charge is 0.345 e. The molecule has 122 valence electrons. The number of rotatable bonds is 5. The van der Waals surface area contributed by atoms with Gasteiger partial charge in [0.1, 0.15) is 17.3 Å². The molecule has 0 aliphatic carbocycles. The number of hydrogen-bond donors (Lipinski definition) is 2. The summed E-state index contributed by atoms with van der Waals surface area (Å²) in [7, 11) is 0. The Labute approximate surface area is 137 Å². The van der Waals surface area contributed by atoms with Gasteiger partial charge in [0.2, 0.25) is 5.78 Å². The van der Waals surface area contributed by atoms with Crippen LogP contribution < -0.4 is 5.73 Å². The van der Waals surface area contributed by atoms with Crippen molar-refractivity contribution < 1.29 is 13.6 Å². The van der Waals surface area contributed by atoms with Crippen molar-refractivity contribution in [1.29, 1.82) is 0 Å². The Hall–Kier alpha value is -2.05. The quantitative estimate of drug-likeness (QED) is 0.486. The topological polar surface area (TPSA) is 71.8 Å². The van der Waals surface area contributed by atoms with E-state index in [1.807, 2.05) is 0 Å². The van der Waals surface area contributed by atoms with Crippen molar-refractivity contribution in [2.24, 2.45) is 5.73 Å². The second-order valence-corrected chi connectivity index (χ2v) is 5.49. The molecule has 0 spiro atoms. The highest BCUT2D eigenvalue weighted by Gasteiger charge is 2.26. The van der Waals surface area contributed by atoms with Crippen molar-refractivity contribution in [3.8, 4) is 0 Å². The fourth-order valence-electron chi connectivity index (χ4n) is 2.14. The fraction of sp³-hybridized carbons (Fsp3) is 0.250. The van der Waals surface area contributed by atoms with E-state index in [1.165, 1.54) is 25.4 Å². The molecule has 2 rings (SSSR count). The average Bonchev–Trinajstić information content (AvgIpc) is 2.90. The van der Waals surface area contributed by atoms with Crippen LogP contribution in [-0.2, 0) is 0 Å². The molecule has 0 saturated heterocycles. The normalized spacial score (nSPS) is 14.8. The zero-order valence-corrected chi connectivity index (χ0v) is 13.4. The molecule has 2 aromatic rings. The highest BCUT2D eigenvalue weighted by Crippen LogP contribution is 2.28. The highest BCUT2D eigenvalue weighted by atomic mass is 35.5. The molecule has 0 amide bonds. The van der Waals surface area contributed by atoms with Gasteiger partial charge in [0.25, 0.3) is 0 Å². The minimum Gasteiger partial charge on any atom is -0.345 e. The van der Waals surface area contributed by atoms with Crippen molar-refractivity contribution in [1.82, 2.24) is 9.97 Å². The van der Waals surface area contributed by atoms with Gasteiger partial charge in [-0.25, -0.2) is 13.8 Å². The summed E-state index contributed by atoms with van der Waals surface area (Å²) >= 11 is 5.88. The standard InChI is InChI=1S/C16H16ClF2N3O/c1-3-4-12(18)13(14(19)8(2)20)15(23)11-7-22-16-10(11)5-9(17)6-21-16/h4-8H,3,20H2,1-2H3,(H,21,22)/b12-4+,14-13-. The van der Waals surface area contributed by atoms with Gasteiger partial charge < -0.3 is 10.7 Å². The van der Waals surface area contributed by atoms with Gasteiger partial charge in [0.05, 0.1) is 16.6 Å². The van der Waals surface area contributed by atoms with E-state index in [4.69, 9.17) is 17.3 Å². The van der Waals surface area contributed by atoms with Crippen LogP contribution in [0.2, 0.25) is 5.02 Å². The van der Waals surface area contributed by atoms with Crippen LogP contribution in [0.5, 0.6) is 0 Å². The lowest BCUT2D eigenvalue weighted by Crippen LogP contribution is -2.20. The van der Waals surface area contributed by atoms with Crippen LogP contribution in [0.4, 0.5) is 8.78 Å². The van der Waals surface area contributed by atoms with Crippen LogP contribution in [0.25, 0.3) is 11.0 Å². The van der Waals surface area contributed by atoms with Crippen molar-refractivity contribution in [3.05, 3.63) is 52.3 Å². The number of allylic oxidation sites excluding steroid dienone is 3. The first-order valence-corrected chi connectivity index (χ1v) is 7.43. The maximum Gasteiger partial charge on any atom is 0.200 e. The second-order valence-electron chi connectivity index (χ2n) is 5.05. The van der Waals surface area contributed by atoms with E-state index in [2.05, 4.69) is 9.97 Å². The van der Waals surface area contributed by atoms with Crippen molar-refractivity contribution >= 4 is 28.4 Å². The summed E-state index contributed by atoms with van der Waals surface area (Å²) in [6, 6.07) is 0.410. The van der Waals surface area contributed by atoms with Gasteiger partial charge in [0.15, 0.2) is 0 Å². The molecule has 0 fully saturated rings. The lowest BCUT2D eigenvalue weighted by Gasteiger charge is -2.09. The van der Waals surface area contributed by atoms with Gasteiger partial charge in [-0.2, -0.15) is 0 Å². The predicted molar refractivity (Wildman–Crippen MR) is 86.7 cm³/mol. The summed E-state index contributed by atoms with van der Waals surface area (Å²) < 4.78 is 28.5. The molecular weight excluding hydrogens is 324 g/mol. The third-order valence-electron chi connectivity index (χ3n) is 3.23. The minimum atomic E-state index is -1.10. The lowest BCUT2D eigenvalue weighted by atomic mass is 9.99. The molecule has 0 bridgehead atoms. The Balaban J connectivity index is 2.63. The number of carbonyl (C=O) groups excluding carboxylic acids is 1. The van der Waals surface area contributed by atoms with E-state index >= 15 is 0 Å². The Morgan fingerprint density at radius 1 is 1.52 bits per heavy atom. The number of Topliss-reactive ketones (excluding diaryl/α,β-unsaturated/α-hetero) is 1. The molecule has 0 aliphatic heterocycles. The molecule has 7 heteroatoms. The molecular formula is C16H16ClF2N3O. The van der Waals surface area contributed by atoms with Gasteiger partial charge in [-0.05, 0) is 25.5 Å². The zero-order chi connectivity index (χ0) is 17.1. The second kappa shape index (κ2) is 7.02. The highest BCUT2D eigenvalue weighted by molar-refractivity contribution is 6.31. The number of H-pyrrole nitrogens is 1. The molecule has 1 atom stereocenters. The van der Waals surface area contributed by atoms with E-state index in [0.717, 1.165) is 6.08 Å². The molecule has 0 aromatic carbocycles. The van der Waals surface area contributed by atoms with Gasteiger partial charge in [-0.15, -0.1) is 0 Å². The molecule has 23 heavy (non-hydrogen) atoms. The molecule has 0 radical (unpaired) electrons. The van der Waals surface area contributed by atoms with Crippen LogP contribution in [0.1, 0.15) is 30.6 Å². The number of fused-ring (bicyclic) bond motifs is 1. The number of hydrogen-bond acceptors (Lipinski definition) is 3. The smallest absolute Gasteiger partial charge is 0.200 e. The number of nitrogens with one attached hydrogen (secondary N) is 1. The van der Waals surface area contributed by atoms with E-state index < -0.39 is 29.1 Å². The first-order valence-electron chi connectivity index (χ1n) is 7.05. The summed E-state index contributed by atoms with van der Waals surface area (Å²) in [4.78, 5) is 19.5. The third kappa shape index (κ3) is 3.48. The molecule has 0 saturated carbocycles. The molecule has 2 aromatic heterocycles. The molecule has 3 N–H and O–H groups in total. The summed E-state index contributed by atoms with van der Waals surface area (Å²) in [5.74, 6) is -2.74. The molecule has 1 unspecified atom stereocenters. The Morgan fingerprint density at radius 3 is 2.83 bits per heavy atom. The van der Waals surface area contributed by atoms with Crippen molar-refractivity contribution in [2.45, 2.75) is 26.3 Å². The van der Waals surface area contributed by atoms with E-state index in [9.17, 15) is 13.6 Å². The van der Waals surface area contributed by atoms with Gasteiger partial charge in [0, 0.05) is 23.3 Å². The Bertz CT molecular complexity index is 809.